The normalized spacial score (nSPS) is 35.4. The number of carbonyl (C=O) groups is 2. The molecule has 1 aliphatic heterocycles. The molecule has 0 bridgehead atoms. The predicted octanol–water partition coefficient (Wildman–Crippen LogP) is 0.283. The number of carboxylic acids is 1. The van der Waals surface area contributed by atoms with Gasteiger partial charge >= 0.3 is 12.1 Å². The highest BCUT2D eigenvalue weighted by Crippen LogP contribution is 2.63. The lowest BCUT2D eigenvalue weighted by Crippen LogP contribution is -2.33. The Balaban J connectivity index is 2.12. The van der Waals surface area contributed by atoms with Gasteiger partial charge in [-0.25, -0.2) is 9.59 Å². The number of alkyl carbamates (subject to hydrolysis) is 1. The monoisotopic (exact) mass is 285 g/mol. The van der Waals surface area contributed by atoms with Crippen LogP contribution in [0.15, 0.2) is 11.6 Å². The molecule has 1 aliphatic carbocycles. The fraction of sp³-hybridized carbons (Fsp3) is 0.692. The Hall–Kier alpha value is -1.60. The zero-order chi connectivity index (χ0) is 15.0. The second-order valence-corrected chi connectivity index (χ2v) is 5.28. The number of hydrogen-bond acceptors (Lipinski definition) is 5. The van der Waals surface area contributed by atoms with Crippen LogP contribution >= 0.6 is 0 Å². The number of carbonyl (C=O) groups excluding carboxylic acids is 1. The number of aliphatic hydroxyl groups is 1. The number of rotatable bonds is 5. The van der Waals surface area contributed by atoms with Crippen molar-refractivity contribution in [3.05, 3.63) is 11.6 Å². The van der Waals surface area contributed by atoms with Gasteiger partial charge in [-0.05, 0) is 25.8 Å². The van der Waals surface area contributed by atoms with Gasteiger partial charge in [-0.2, -0.15) is 0 Å². The number of fused-ring (bicyclic) bond motifs is 1. The molecular formula is C13H19NO6. The maximum Gasteiger partial charge on any atom is 0.407 e. The first-order valence-electron chi connectivity index (χ1n) is 6.49. The first-order valence-corrected chi connectivity index (χ1v) is 6.49. The van der Waals surface area contributed by atoms with E-state index in [1.807, 2.05) is 6.92 Å². The highest BCUT2D eigenvalue weighted by atomic mass is 16.6. The van der Waals surface area contributed by atoms with Crippen LogP contribution in [0.25, 0.3) is 0 Å². The quantitative estimate of drug-likeness (QED) is 0.494. The molecule has 1 amide bonds. The molecule has 0 spiro atoms. The molecule has 20 heavy (non-hydrogen) atoms. The number of carboxylic acid groups (broad SMARTS) is 1. The Kier molecular flexibility index (Phi) is 3.75. The average Bonchev–Trinajstić information content (AvgIpc) is 2.93. The molecule has 0 unspecified atom stereocenters. The molecule has 112 valence electrons. The highest BCUT2D eigenvalue weighted by molar-refractivity contribution is 5.88. The van der Waals surface area contributed by atoms with Crippen molar-refractivity contribution < 1.29 is 29.3 Å². The number of amides is 1. The highest BCUT2D eigenvalue weighted by Gasteiger charge is 2.74. The molecule has 3 atom stereocenters. The molecule has 7 heteroatoms. The van der Waals surface area contributed by atoms with E-state index in [2.05, 4.69) is 5.32 Å². The van der Waals surface area contributed by atoms with Crippen LogP contribution in [-0.2, 0) is 14.3 Å². The van der Waals surface area contributed by atoms with Crippen LogP contribution in [0.2, 0.25) is 0 Å². The Morgan fingerprint density at radius 2 is 2.25 bits per heavy atom. The van der Waals surface area contributed by atoms with Gasteiger partial charge < -0.3 is 25.0 Å². The van der Waals surface area contributed by atoms with Crippen LogP contribution in [0, 0.1) is 5.92 Å². The molecule has 7 nitrogen and oxygen atoms in total. The van der Waals surface area contributed by atoms with Gasteiger partial charge in [0, 0.05) is 18.5 Å². The van der Waals surface area contributed by atoms with Gasteiger partial charge in [0.25, 0.3) is 0 Å². The smallest absolute Gasteiger partial charge is 0.407 e. The summed E-state index contributed by atoms with van der Waals surface area (Å²) < 4.78 is 10.4. The van der Waals surface area contributed by atoms with E-state index in [9.17, 15) is 19.8 Å². The molecular weight excluding hydrogens is 266 g/mol. The SMILES string of the molecule is CNC(=O)OCC=C(C(=O)O)[C@@H]1CC[C@]2(C)O[C@@]12CO. The number of aliphatic hydroxyl groups excluding tert-OH is 1. The summed E-state index contributed by atoms with van der Waals surface area (Å²) in [6.07, 6.45) is 2.09. The number of epoxide rings is 1. The van der Waals surface area contributed by atoms with Gasteiger partial charge in [-0.1, -0.05) is 0 Å². The van der Waals surface area contributed by atoms with Gasteiger partial charge in [0.2, 0.25) is 0 Å². The second kappa shape index (κ2) is 5.06. The molecule has 1 saturated heterocycles. The number of hydrogen-bond donors (Lipinski definition) is 3. The molecule has 0 aromatic heterocycles. The third kappa shape index (κ3) is 2.16. The molecule has 3 N–H and O–H groups in total. The molecule has 0 aromatic rings. The van der Waals surface area contributed by atoms with E-state index in [1.165, 1.54) is 13.1 Å². The summed E-state index contributed by atoms with van der Waals surface area (Å²) in [6, 6.07) is 0. The van der Waals surface area contributed by atoms with Crippen molar-refractivity contribution in [2.24, 2.45) is 5.92 Å². The Bertz CT molecular complexity index is 462. The maximum atomic E-state index is 11.4. The van der Waals surface area contributed by atoms with E-state index in [0.29, 0.717) is 12.8 Å². The Morgan fingerprint density at radius 3 is 2.75 bits per heavy atom. The topological polar surface area (TPSA) is 108 Å². The van der Waals surface area contributed by atoms with Crippen molar-refractivity contribution in [1.29, 1.82) is 0 Å². The van der Waals surface area contributed by atoms with E-state index < -0.39 is 23.3 Å². The van der Waals surface area contributed by atoms with Crippen molar-refractivity contribution in [3.8, 4) is 0 Å². The zero-order valence-corrected chi connectivity index (χ0v) is 11.5. The van der Waals surface area contributed by atoms with Crippen molar-refractivity contribution >= 4 is 12.1 Å². The summed E-state index contributed by atoms with van der Waals surface area (Å²) in [4.78, 5) is 22.3. The van der Waals surface area contributed by atoms with Gasteiger partial charge in [0.1, 0.15) is 12.2 Å². The molecule has 1 heterocycles. The lowest BCUT2D eigenvalue weighted by atomic mass is 9.85. The minimum atomic E-state index is -1.08. The van der Waals surface area contributed by atoms with Crippen LogP contribution in [0.1, 0.15) is 19.8 Å². The minimum Gasteiger partial charge on any atom is -0.478 e. The Labute approximate surface area is 116 Å². The van der Waals surface area contributed by atoms with Crippen LogP contribution in [0.4, 0.5) is 4.79 Å². The van der Waals surface area contributed by atoms with Crippen molar-refractivity contribution in [2.45, 2.75) is 31.0 Å². The average molecular weight is 285 g/mol. The summed E-state index contributed by atoms with van der Waals surface area (Å²) in [6.45, 7) is 1.54. The van der Waals surface area contributed by atoms with Gasteiger partial charge in [-0.3, -0.25) is 0 Å². The first-order chi connectivity index (χ1) is 9.40. The summed E-state index contributed by atoms with van der Waals surface area (Å²) in [7, 11) is 1.42. The molecule has 2 rings (SSSR count). The lowest BCUT2D eigenvalue weighted by molar-refractivity contribution is -0.133. The van der Waals surface area contributed by atoms with E-state index in [1.54, 1.807) is 0 Å². The summed E-state index contributed by atoms with van der Waals surface area (Å²) in [5, 5.41) is 21.1. The Morgan fingerprint density at radius 1 is 1.55 bits per heavy atom. The second-order valence-electron chi connectivity index (χ2n) is 5.28. The van der Waals surface area contributed by atoms with E-state index in [0.717, 1.165) is 0 Å². The van der Waals surface area contributed by atoms with Crippen LogP contribution in [0.5, 0.6) is 0 Å². The zero-order valence-electron chi connectivity index (χ0n) is 11.5. The number of ether oxygens (including phenoxy) is 2. The van der Waals surface area contributed by atoms with Crippen LogP contribution < -0.4 is 5.32 Å². The third-order valence-electron chi connectivity index (χ3n) is 4.31. The molecule has 1 saturated carbocycles. The third-order valence-corrected chi connectivity index (χ3v) is 4.31. The fourth-order valence-electron chi connectivity index (χ4n) is 3.11. The molecule has 0 aromatic carbocycles. The largest absolute Gasteiger partial charge is 0.478 e. The number of aliphatic carboxylic acids is 1. The summed E-state index contributed by atoms with van der Waals surface area (Å²) >= 11 is 0. The summed E-state index contributed by atoms with van der Waals surface area (Å²) in [5.74, 6) is -1.47. The van der Waals surface area contributed by atoms with E-state index >= 15 is 0 Å². The molecule has 0 radical (unpaired) electrons. The van der Waals surface area contributed by atoms with E-state index in [4.69, 9.17) is 9.47 Å². The first kappa shape index (κ1) is 14.8. The minimum absolute atomic E-state index is 0.129. The van der Waals surface area contributed by atoms with Crippen molar-refractivity contribution in [1.82, 2.24) is 5.32 Å². The number of nitrogens with one attached hydrogen (secondary N) is 1. The lowest BCUT2D eigenvalue weighted by Gasteiger charge is -2.19. The van der Waals surface area contributed by atoms with Gasteiger partial charge in [0.15, 0.2) is 0 Å². The molecule has 2 fully saturated rings. The van der Waals surface area contributed by atoms with E-state index in [-0.39, 0.29) is 24.7 Å². The predicted molar refractivity (Wildman–Crippen MR) is 68.2 cm³/mol. The van der Waals surface area contributed by atoms with Crippen molar-refractivity contribution in [3.63, 3.8) is 0 Å². The van der Waals surface area contributed by atoms with Gasteiger partial charge in [0.05, 0.1) is 12.2 Å². The standard InChI is InChI=1S/C13H19NO6/c1-12-5-3-9(13(12,7-15)20-12)8(10(16)17)4-6-19-11(18)14-2/h4,9,15H,3,5-7H2,1-2H3,(H,14,18)(H,16,17)/t9-,12-,13-/m0/s1. The maximum absolute atomic E-state index is 11.4. The van der Waals surface area contributed by atoms with Crippen molar-refractivity contribution in [2.75, 3.05) is 20.3 Å². The molecule has 2 aliphatic rings. The van der Waals surface area contributed by atoms with Gasteiger partial charge in [-0.15, -0.1) is 0 Å². The summed E-state index contributed by atoms with van der Waals surface area (Å²) in [5.41, 5.74) is -1.11. The van der Waals surface area contributed by atoms with Crippen LogP contribution in [-0.4, -0.2) is 53.7 Å². The fourth-order valence-corrected chi connectivity index (χ4v) is 3.11. The van der Waals surface area contributed by atoms with Crippen LogP contribution in [0.3, 0.4) is 0 Å².